The second kappa shape index (κ2) is 4.48. The van der Waals surface area contributed by atoms with Gasteiger partial charge in [-0.3, -0.25) is 4.40 Å². The standard InChI is InChI=1S/C17H27N3S/c1-16(2,3)10-7-8-11-12(9-10)21-15-19-13(17(4,5)6)14(18)20(11)15/h10H,7-9,18H2,1-6H3. The SMILES string of the molecule is CC(C)(C)c1nc2sc3c(n2c1N)CCC(C(C)(C)C)C3. The number of hydrogen-bond donors (Lipinski definition) is 1. The molecule has 21 heavy (non-hydrogen) atoms. The zero-order chi connectivity index (χ0) is 15.6. The third kappa shape index (κ3) is 2.37. The predicted octanol–water partition coefficient (Wildman–Crippen LogP) is 4.43. The number of fused-ring (bicyclic) bond motifs is 3. The van der Waals surface area contributed by atoms with Crippen LogP contribution in [-0.4, -0.2) is 9.38 Å². The minimum Gasteiger partial charge on any atom is -0.383 e. The Morgan fingerprint density at radius 1 is 1.19 bits per heavy atom. The molecule has 1 atom stereocenters. The highest BCUT2D eigenvalue weighted by molar-refractivity contribution is 7.17. The van der Waals surface area contributed by atoms with Crippen molar-refractivity contribution in [3.8, 4) is 0 Å². The van der Waals surface area contributed by atoms with Gasteiger partial charge in [0.2, 0.25) is 0 Å². The van der Waals surface area contributed by atoms with Crippen molar-refractivity contribution in [2.75, 3.05) is 5.73 Å². The minimum atomic E-state index is 0.00528. The van der Waals surface area contributed by atoms with E-state index in [1.54, 1.807) is 0 Å². The average Bonchev–Trinajstić information content (AvgIpc) is 2.83. The first kappa shape index (κ1) is 14.9. The van der Waals surface area contributed by atoms with Gasteiger partial charge in [0.15, 0.2) is 4.96 Å². The molecule has 2 heterocycles. The van der Waals surface area contributed by atoms with Gasteiger partial charge in [0, 0.05) is 16.0 Å². The van der Waals surface area contributed by atoms with Gasteiger partial charge in [-0.05, 0) is 30.6 Å². The number of thiazole rings is 1. The highest BCUT2D eigenvalue weighted by Gasteiger charge is 2.33. The molecule has 0 aliphatic heterocycles. The summed E-state index contributed by atoms with van der Waals surface area (Å²) in [5.74, 6) is 1.61. The molecule has 0 bridgehead atoms. The molecule has 0 saturated heterocycles. The van der Waals surface area contributed by atoms with E-state index in [0.29, 0.717) is 5.41 Å². The van der Waals surface area contributed by atoms with E-state index in [2.05, 4.69) is 45.9 Å². The van der Waals surface area contributed by atoms with Gasteiger partial charge in [-0.15, -0.1) is 11.3 Å². The normalized spacial score (nSPS) is 20.0. The van der Waals surface area contributed by atoms with Crippen LogP contribution < -0.4 is 5.73 Å². The van der Waals surface area contributed by atoms with Crippen LogP contribution in [0.3, 0.4) is 0 Å². The average molecular weight is 305 g/mol. The van der Waals surface area contributed by atoms with E-state index in [1.165, 1.54) is 23.4 Å². The van der Waals surface area contributed by atoms with E-state index in [4.69, 9.17) is 10.7 Å². The molecule has 1 aliphatic carbocycles. The van der Waals surface area contributed by atoms with Crippen molar-refractivity contribution in [3.63, 3.8) is 0 Å². The van der Waals surface area contributed by atoms with Gasteiger partial charge in [0.25, 0.3) is 0 Å². The first-order valence-electron chi connectivity index (χ1n) is 7.88. The van der Waals surface area contributed by atoms with Gasteiger partial charge in [-0.1, -0.05) is 41.5 Å². The van der Waals surface area contributed by atoms with Crippen LogP contribution in [-0.2, 0) is 18.3 Å². The summed E-state index contributed by atoms with van der Waals surface area (Å²) in [4.78, 5) is 7.41. The molecule has 2 N–H and O–H groups in total. The van der Waals surface area contributed by atoms with Gasteiger partial charge >= 0.3 is 0 Å². The smallest absolute Gasteiger partial charge is 0.196 e. The third-order valence-electron chi connectivity index (χ3n) is 4.79. The van der Waals surface area contributed by atoms with Gasteiger partial charge in [0.1, 0.15) is 5.82 Å². The molecule has 0 radical (unpaired) electrons. The van der Waals surface area contributed by atoms with Crippen LogP contribution in [0.4, 0.5) is 5.82 Å². The summed E-state index contributed by atoms with van der Waals surface area (Å²) in [6, 6.07) is 0. The van der Waals surface area contributed by atoms with Crippen molar-refractivity contribution in [2.24, 2.45) is 11.3 Å². The second-order valence-corrected chi connectivity index (χ2v) is 9.55. The van der Waals surface area contributed by atoms with Crippen LogP contribution in [0.1, 0.15) is 64.2 Å². The Morgan fingerprint density at radius 3 is 2.43 bits per heavy atom. The Morgan fingerprint density at radius 2 is 1.86 bits per heavy atom. The van der Waals surface area contributed by atoms with Crippen molar-refractivity contribution in [1.82, 2.24) is 9.38 Å². The number of aryl methyl sites for hydroxylation is 1. The molecule has 3 rings (SSSR count). The maximum atomic E-state index is 6.42. The van der Waals surface area contributed by atoms with Gasteiger partial charge < -0.3 is 5.73 Å². The first-order valence-corrected chi connectivity index (χ1v) is 8.69. The molecular formula is C17H27N3S. The number of rotatable bonds is 0. The molecule has 116 valence electrons. The third-order valence-corrected chi connectivity index (χ3v) is 5.89. The van der Waals surface area contributed by atoms with Gasteiger partial charge in [-0.2, -0.15) is 0 Å². The Bertz CT molecular complexity index is 679. The lowest BCUT2D eigenvalue weighted by atomic mass is 9.73. The summed E-state index contributed by atoms with van der Waals surface area (Å²) in [6.07, 6.45) is 3.56. The van der Waals surface area contributed by atoms with Crippen molar-refractivity contribution in [3.05, 3.63) is 16.3 Å². The largest absolute Gasteiger partial charge is 0.383 e. The van der Waals surface area contributed by atoms with E-state index >= 15 is 0 Å². The molecular weight excluding hydrogens is 278 g/mol. The van der Waals surface area contributed by atoms with Crippen molar-refractivity contribution >= 4 is 22.1 Å². The molecule has 4 heteroatoms. The maximum Gasteiger partial charge on any atom is 0.196 e. The second-order valence-electron chi connectivity index (χ2n) is 8.49. The Kier molecular flexibility index (Phi) is 3.18. The minimum absolute atomic E-state index is 0.00528. The molecule has 0 fully saturated rings. The van der Waals surface area contributed by atoms with E-state index < -0.39 is 0 Å². The number of aromatic nitrogens is 2. The van der Waals surface area contributed by atoms with Gasteiger partial charge in [0.05, 0.1) is 5.69 Å². The van der Waals surface area contributed by atoms with Crippen molar-refractivity contribution < 1.29 is 0 Å². The van der Waals surface area contributed by atoms with Crippen LogP contribution in [0.5, 0.6) is 0 Å². The monoisotopic (exact) mass is 305 g/mol. The number of nitrogens with zero attached hydrogens (tertiary/aromatic N) is 2. The fourth-order valence-corrected chi connectivity index (χ4v) is 4.63. The summed E-state index contributed by atoms with van der Waals surface area (Å²) < 4.78 is 2.22. The molecule has 1 aliphatic rings. The summed E-state index contributed by atoms with van der Waals surface area (Å²) in [5.41, 5.74) is 9.26. The molecule has 2 aromatic rings. The number of anilines is 1. The highest BCUT2D eigenvalue weighted by atomic mass is 32.1. The summed E-state index contributed by atoms with van der Waals surface area (Å²) >= 11 is 1.84. The molecule has 0 spiro atoms. The molecule has 1 unspecified atom stereocenters. The predicted molar refractivity (Wildman–Crippen MR) is 91.2 cm³/mol. The molecule has 2 aromatic heterocycles. The van der Waals surface area contributed by atoms with Crippen molar-refractivity contribution in [2.45, 2.75) is 66.2 Å². The topological polar surface area (TPSA) is 43.3 Å². The van der Waals surface area contributed by atoms with Crippen LogP contribution in [0.15, 0.2) is 0 Å². The van der Waals surface area contributed by atoms with E-state index in [1.807, 2.05) is 11.3 Å². The van der Waals surface area contributed by atoms with Crippen molar-refractivity contribution in [1.29, 1.82) is 0 Å². The first-order chi connectivity index (χ1) is 9.59. The quantitative estimate of drug-likeness (QED) is 0.782. The summed E-state index contributed by atoms with van der Waals surface area (Å²) in [5, 5.41) is 0. The van der Waals surface area contributed by atoms with E-state index in [9.17, 15) is 0 Å². The number of imidazole rings is 1. The highest BCUT2D eigenvalue weighted by Crippen LogP contribution is 2.42. The summed E-state index contributed by atoms with van der Waals surface area (Å²) in [7, 11) is 0. The Balaban J connectivity index is 2.07. The van der Waals surface area contributed by atoms with Gasteiger partial charge in [-0.25, -0.2) is 4.98 Å². The maximum absolute atomic E-state index is 6.42. The Labute approximate surface area is 131 Å². The summed E-state index contributed by atoms with van der Waals surface area (Å²) in [6.45, 7) is 13.6. The van der Waals surface area contributed by atoms with Crippen LogP contribution in [0, 0.1) is 11.3 Å². The molecule has 0 saturated carbocycles. The van der Waals surface area contributed by atoms with Crippen LogP contribution in [0.25, 0.3) is 4.96 Å². The fraction of sp³-hybridized carbons (Fsp3) is 0.706. The lowest BCUT2D eigenvalue weighted by molar-refractivity contribution is 0.216. The fourth-order valence-electron chi connectivity index (χ4n) is 3.37. The molecule has 0 amide bonds. The molecule has 0 aromatic carbocycles. The zero-order valence-electron chi connectivity index (χ0n) is 14.1. The number of nitrogen functional groups attached to an aromatic ring is 1. The number of hydrogen-bond acceptors (Lipinski definition) is 3. The van der Waals surface area contributed by atoms with E-state index in [0.717, 1.165) is 28.8 Å². The number of nitrogens with two attached hydrogens (primary N) is 1. The Hall–Kier alpha value is -1.03. The van der Waals surface area contributed by atoms with Crippen LogP contribution in [0.2, 0.25) is 0 Å². The van der Waals surface area contributed by atoms with E-state index in [-0.39, 0.29) is 5.41 Å². The molecule has 3 nitrogen and oxygen atoms in total. The lowest BCUT2D eigenvalue weighted by Gasteiger charge is -2.33. The lowest BCUT2D eigenvalue weighted by Crippen LogP contribution is -2.26. The van der Waals surface area contributed by atoms with Crippen LogP contribution >= 0.6 is 11.3 Å². The zero-order valence-corrected chi connectivity index (χ0v) is 14.9.